The quantitative estimate of drug-likeness (QED) is 0.680. The lowest BCUT2D eigenvalue weighted by Gasteiger charge is -2.41. The van der Waals surface area contributed by atoms with Crippen LogP contribution in [0.5, 0.6) is 0 Å². The molecular formula is C18H24Si. The fourth-order valence-corrected chi connectivity index (χ4v) is 4.38. The molecule has 2 aromatic rings. The van der Waals surface area contributed by atoms with Crippen LogP contribution in [0.15, 0.2) is 60.7 Å². The maximum Gasteiger partial charge on any atom is 0.0557 e. The van der Waals surface area contributed by atoms with E-state index < -0.39 is 8.07 Å². The van der Waals surface area contributed by atoms with Gasteiger partial charge in [-0.1, -0.05) is 87.2 Å². The van der Waals surface area contributed by atoms with Crippen LogP contribution in [-0.4, -0.2) is 8.07 Å². The highest BCUT2D eigenvalue weighted by atomic mass is 28.3. The highest BCUT2D eigenvalue weighted by Gasteiger charge is 2.40. The number of hydrogen-bond acceptors (Lipinski definition) is 0. The van der Waals surface area contributed by atoms with Gasteiger partial charge in [-0.05, 0) is 22.6 Å². The summed E-state index contributed by atoms with van der Waals surface area (Å²) in [5, 5.41) is 0.273. The first-order valence-electron chi connectivity index (χ1n) is 7.03. The van der Waals surface area contributed by atoms with Gasteiger partial charge in [0.25, 0.3) is 0 Å². The number of hydrogen-bond donors (Lipinski definition) is 0. The zero-order chi connectivity index (χ0) is 13.9. The van der Waals surface area contributed by atoms with E-state index in [1.54, 1.807) is 0 Å². The molecule has 0 saturated heterocycles. The molecule has 1 atom stereocenters. The Hall–Kier alpha value is -1.34. The van der Waals surface area contributed by atoms with E-state index in [1.807, 2.05) is 0 Å². The third kappa shape index (κ3) is 2.98. The second-order valence-electron chi connectivity index (χ2n) is 6.61. The predicted molar refractivity (Wildman–Crippen MR) is 87.3 cm³/mol. The van der Waals surface area contributed by atoms with E-state index in [9.17, 15) is 0 Å². The largest absolute Gasteiger partial charge is 0.0689 e. The van der Waals surface area contributed by atoms with Gasteiger partial charge in [-0.2, -0.15) is 0 Å². The van der Waals surface area contributed by atoms with E-state index in [4.69, 9.17) is 0 Å². The average Bonchev–Trinajstić information content (AvgIpc) is 2.39. The second kappa shape index (κ2) is 5.34. The van der Waals surface area contributed by atoms with E-state index in [-0.39, 0.29) is 5.04 Å². The first-order valence-corrected chi connectivity index (χ1v) is 10.5. The van der Waals surface area contributed by atoms with Gasteiger partial charge in [0.15, 0.2) is 0 Å². The highest BCUT2D eigenvalue weighted by Crippen LogP contribution is 2.37. The van der Waals surface area contributed by atoms with Crippen LogP contribution in [0.1, 0.15) is 18.1 Å². The fraction of sp³-hybridized carbons (Fsp3) is 0.333. The summed E-state index contributed by atoms with van der Waals surface area (Å²) in [7, 11) is -1.33. The van der Waals surface area contributed by atoms with Crippen molar-refractivity contribution in [3.8, 4) is 0 Å². The minimum absolute atomic E-state index is 0.273. The molecule has 0 heterocycles. The Morgan fingerprint density at radius 3 is 1.74 bits per heavy atom. The molecule has 0 nitrogen and oxygen atoms in total. The summed E-state index contributed by atoms with van der Waals surface area (Å²) in [5.41, 5.74) is 2.93. The molecule has 0 aliphatic rings. The molecule has 0 fully saturated rings. The lowest BCUT2D eigenvalue weighted by atomic mass is 9.92. The predicted octanol–water partition coefficient (Wildman–Crippen LogP) is 5.06. The number of benzene rings is 2. The molecule has 0 bridgehead atoms. The summed E-state index contributed by atoms with van der Waals surface area (Å²) >= 11 is 0. The third-order valence-corrected chi connectivity index (χ3v) is 8.24. The average molecular weight is 268 g/mol. The smallest absolute Gasteiger partial charge is 0.0557 e. The minimum atomic E-state index is -1.33. The SMILES string of the molecule is C[C@@](Cc1ccccc1)(c1ccccc1)[Si](C)(C)C. The van der Waals surface area contributed by atoms with Crippen molar-refractivity contribution in [1.29, 1.82) is 0 Å². The van der Waals surface area contributed by atoms with Gasteiger partial charge in [0, 0.05) is 0 Å². The first kappa shape index (κ1) is 14.1. The van der Waals surface area contributed by atoms with Crippen LogP contribution in [0.25, 0.3) is 0 Å². The van der Waals surface area contributed by atoms with Gasteiger partial charge in [0.05, 0.1) is 8.07 Å². The molecule has 0 aromatic heterocycles. The van der Waals surface area contributed by atoms with Gasteiger partial charge in [0.2, 0.25) is 0 Å². The van der Waals surface area contributed by atoms with Crippen LogP contribution in [0.2, 0.25) is 19.6 Å². The zero-order valence-electron chi connectivity index (χ0n) is 12.5. The minimum Gasteiger partial charge on any atom is -0.0689 e. The molecule has 0 aliphatic heterocycles. The van der Waals surface area contributed by atoms with Crippen molar-refractivity contribution < 1.29 is 0 Å². The van der Waals surface area contributed by atoms with Gasteiger partial charge in [-0.25, -0.2) is 0 Å². The van der Waals surface area contributed by atoms with Gasteiger partial charge >= 0.3 is 0 Å². The molecule has 19 heavy (non-hydrogen) atoms. The van der Waals surface area contributed by atoms with Crippen molar-refractivity contribution in [2.24, 2.45) is 0 Å². The topological polar surface area (TPSA) is 0 Å². The molecule has 0 radical (unpaired) electrons. The van der Waals surface area contributed by atoms with Crippen LogP contribution < -0.4 is 0 Å². The van der Waals surface area contributed by atoms with Crippen molar-refractivity contribution in [3.05, 3.63) is 71.8 Å². The Bertz CT molecular complexity index is 510. The fourth-order valence-electron chi connectivity index (χ4n) is 2.61. The molecular weight excluding hydrogens is 244 g/mol. The van der Waals surface area contributed by atoms with Crippen LogP contribution >= 0.6 is 0 Å². The van der Waals surface area contributed by atoms with E-state index in [2.05, 4.69) is 87.2 Å². The molecule has 0 aliphatic carbocycles. The summed E-state index contributed by atoms with van der Waals surface area (Å²) in [6.45, 7) is 9.87. The monoisotopic (exact) mass is 268 g/mol. The maximum absolute atomic E-state index is 2.48. The molecule has 0 unspecified atom stereocenters. The molecule has 2 rings (SSSR count). The Morgan fingerprint density at radius 1 is 0.789 bits per heavy atom. The third-order valence-electron chi connectivity index (χ3n) is 4.47. The van der Waals surface area contributed by atoms with E-state index >= 15 is 0 Å². The van der Waals surface area contributed by atoms with Crippen molar-refractivity contribution in [3.63, 3.8) is 0 Å². The molecule has 0 saturated carbocycles. The maximum atomic E-state index is 2.48. The molecule has 0 amide bonds. The summed E-state index contributed by atoms with van der Waals surface area (Å²) in [6.07, 6.45) is 1.13. The molecule has 0 spiro atoms. The van der Waals surface area contributed by atoms with Gasteiger partial charge in [-0.15, -0.1) is 0 Å². The normalized spacial score (nSPS) is 14.9. The summed E-state index contributed by atoms with van der Waals surface area (Å²) in [6, 6.07) is 21.9. The van der Waals surface area contributed by atoms with Gasteiger partial charge in [-0.3, -0.25) is 0 Å². The van der Waals surface area contributed by atoms with Crippen LogP contribution in [0, 0.1) is 0 Å². The Labute approximate surface area is 118 Å². The summed E-state index contributed by atoms with van der Waals surface area (Å²) < 4.78 is 0. The van der Waals surface area contributed by atoms with E-state index in [1.165, 1.54) is 11.1 Å². The lowest BCUT2D eigenvalue weighted by molar-refractivity contribution is 0.636. The van der Waals surface area contributed by atoms with Crippen LogP contribution in [-0.2, 0) is 11.5 Å². The Kier molecular flexibility index (Phi) is 3.95. The second-order valence-corrected chi connectivity index (χ2v) is 12.2. The lowest BCUT2D eigenvalue weighted by Crippen LogP contribution is -2.48. The highest BCUT2D eigenvalue weighted by molar-refractivity contribution is 6.79. The van der Waals surface area contributed by atoms with Crippen LogP contribution in [0.4, 0.5) is 0 Å². The standard InChI is InChI=1S/C18H24Si/c1-18(19(2,3)4,17-13-9-6-10-14-17)15-16-11-7-5-8-12-16/h5-14H,15H2,1-4H3/t18-/m1/s1. The molecule has 0 N–H and O–H groups in total. The summed E-state index contributed by atoms with van der Waals surface area (Å²) in [4.78, 5) is 0. The van der Waals surface area contributed by atoms with Crippen LogP contribution in [0.3, 0.4) is 0 Å². The van der Waals surface area contributed by atoms with Crippen molar-refractivity contribution in [2.45, 2.75) is 38.0 Å². The number of rotatable bonds is 4. The summed E-state index contributed by atoms with van der Waals surface area (Å²) in [5.74, 6) is 0. The molecule has 2 aromatic carbocycles. The molecule has 1 heteroatoms. The van der Waals surface area contributed by atoms with Crippen molar-refractivity contribution >= 4 is 8.07 Å². The van der Waals surface area contributed by atoms with E-state index in [0.717, 1.165) is 6.42 Å². The Balaban J connectivity index is 2.42. The van der Waals surface area contributed by atoms with Crippen molar-refractivity contribution in [1.82, 2.24) is 0 Å². The van der Waals surface area contributed by atoms with Gasteiger partial charge in [0.1, 0.15) is 0 Å². The van der Waals surface area contributed by atoms with E-state index in [0.29, 0.717) is 0 Å². The molecule has 100 valence electrons. The van der Waals surface area contributed by atoms with Gasteiger partial charge < -0.3 is 0 Å². The van der Waals surface area contributed by atoms with Crippen molar-refractivity contribution in [2.75, 3.05) is 0 Å². The Morgan fingerprint density at radius 2 is 1.26 bits per heavy atom. The zero-order valence-corrected chi connectivity index (χ0v) is 13.5. The first-order chi connectivity index (χ1) is 8.93.